The van der Waals surface area contributed by atoms with Gasteiger partial charge in [0, 0.05) is 6.07 Å². The van der Waals surface area contributed by atoms with Crippen LogP contribution in [0.15, 0.2) is 27.6 Å². The Hall–Kier alpha value is -1.57. The molecule has 0 aliphatic rings. The first kappa shape index (κ1) is 14.8. The number of aryl methyl sites for hydroxylation is 2. The fourth-order valence-electron chi connectivity index (χ4n) is 1.67. The molecule has 0 aliphatic carbocycles. The zero-order valence-electron chi connectivity index (χ0n) is 11.0. The predicted octanol–water partition coefficient (Wildman–Crippen LogP) is 2.01. The second-order valence-electron chi connectivity index (χ2n) is 4.40. The standard InChI is InChI=1S/C12H14ClN3O3S/c1-7-3-10(5-11(14)12(7)13)20(17,18)15-6-9-4-8(2)19-16-9/h3-5,15H,6,14H2,1-2H3. The number of hydrogen-bond donors (Lipinski definition) is 2. The maximum atomic E-state index is 12.2. The van der Waals surface area contributed by atoms with Gasteiger partial charge in [0.05, 0.1) is 27.8 Å². The molecule has 0 radical (unpaired) electrons. The van der Waals surface area contributed by atoms with E-state index in [1.54, 1.807) is 19.9 Å². The number of hydrogen-bond acceptors (Lipinski definition) is 5. The van der Waals surface area contributed by atoms with Crippen molar-refractivity contribution >= 4 is 27.3 Å². The van der Waals surface area contributed by atoms with Gasteiger partial charge in [-0.05, 0) is 31.5 Å². The molecule has 3 N–H and O–H groups in total. The van der Waals surface area contributed by atoms with Crippen LogP contribution in [-0.2, 0) is 16.6 Å². The summed E-state index contributed by atoms with van der Waals surface area (Å²) in [6.07, 6.45) is 0. The number of nitrogens with zero attached hydrogens (tertiary/aromatic N) is 1. The Bertz CT molecular complexity index is 717. The van der Waals surface area contributed by atoms with Gasteiger partial charge in [0.25, 0.3) is 0 Å². The van der Waals surface area contributed by atoms with Crippen molar-refractivity contribution in [1.82, 2.24) is 9.88 Å². The molecule has 1 aromatic heterocycles. The third-order valence-corrected chi connectivity index (χ3v) is 4.58. The molecule has 20 heavy (non-hydrogen) atoms. The van der Waals surface area contributed by atoms with Crippen LogP contribution in [0.1, 0.15) is 17.0 Å². The van der Waals surface area contributed by atoms with Crippen LogP contribution in [0.5, 0.6) is 0 Å². The third kappa shape index (κ3) is 3.12. The Morgan fingerprint density at radius 2 is 2.05 bits per heavy atom. The molecule has 1 heterocycles. The number of benzene rings is 1. The van der Waals surface area contributed by atoms with Crippen LogP contribution in [-0.4, -0.2) is 13.6 Å². The van der Waals surface area contributed by atoms with Crippen LogP contribution in [0.3, 0.4) is 0 Å². The number of anilines is 1. The molecule has 1 aromatic carbocycles. The monoisotopic (exact) mass is 315 g/mol. The minimum Gasteiger partial charge on any atom is -0.397 e. The minimum atomic E-state index is -3.68. The number of rotatable bonds is 4. The van der Waals surface area contributed by atoms with Gasteiger partial charge < -0.3 is 10.3 Å². The van der Waals surface area contributed by atoms with E-state index >= 15 is 0 Å². The summed E-state index contributed by atoms with van der Waals surface area (Å²) in [6, 6.07) is 4.45. The zero-order valence-corrected chi connectivity index (χ0v) is 12.5. The van der Waals surface area contributed by atoms with Crippen LogP contribution in [0.25, 0.3) is 0 Å². The lowest BCUT2D eigenvalue weighted by atomic mass is 10.2. The van der Waals surface area contributed by atoms with E-state index in [4.69, 9.17) is 21.9 Å². The molecular formula is C12H14ClN3O3S. The molecule has 2 rings (SSSR count). The molecule has 6 nitrogen and oxygen atoms in total. The fourth-order valence-corrected chi connectivity index (χ4v) is 2.90. The van der Waals surface area contributed by atoms with Crippen molar-refractivity contribution in [1.29, 1.82) is 0 Å². The minimum absolute atomic E-state index is 0.0429. The predicted molar refractivity (Wildman–Crippen MR) is 75.9 cm³/mol. The quantitative estimate of drug-likeness (QED) is 0.841. The molecule has 108 valence electrons. The summed E-state index contributed by atoms with van der Waals surface area (Å²) >= 11 is 5.91. The van der Waals surface area contributed by atoms with E-state index in [0.29, 0.717) is 22.0 Å². The topological polar surface area (TPSA) is 98.2 Å². The number of sulfonamides is 1. The highest BCUT2D eigenvalue weighted by Crippen LogP contribution is 2.26. The first-order chi connectivity index (χ1) is 9.29. The van der Waals surface area contributed by atoms with Crippen molar-refractivity contribution < 1.29 is 12.9 Å². The van der Waals surface area contributed by atoms with Gasteiger partial charge in [-0.15, -0.1) is 0 Å². The zero-order chi connectivity index (χ0) is 14.9. The molecule has 0 amide bonds. The van der Waals surface area contributed by atoms with Crippen LogP contribution >= 0.6 is 11.6 Å². The van der Waals surface area contributed by atoms with Crippen LogP contribution in [0, 0.1) is 13.8 Å². The average molecular weight is 316 g/mol. The summed E-state index contributed by atoms with van der Waals surface area (Å²) in [6.45, 7) is 3.47. The Morgan fingerprint density at radius 3 is 2.60 bits per heavy atom. The molecule has 0 fully saturated rings. The Kier molecular flexibility index (Phi) is 4.03. The highest BCUT2D eigenvalue weighted by atomic mass is 35.5. The molecular weight excluding hydrogens is 302 g/mol. The van der Waals surface area contributed by atoms with Crippen molar-refractivity contribution in [2.75, 3.05) is 5.73 Å². The number of nitrogens with one attached hydrogen (secondary N) is 1. The van der Waals surface area contributed by atoms with E-state index in [9.17, 15) is 8.42 Å². The van der Waals surface area contributed by atoms with Crippen molar-refractivity contribution in [2.45, 2.75) is 25.3 Å². The summed E-state index contributed by atoms with van der Waals surface area (Å²) in [4.78, 5) is 0.0668. The van der Waals surface area contributed by atoms with Gasteiger partial charge in [-0.2, -0.15) is 0 Å². The van der Waals surface area contributed by atoms with E-state index in [0.717, 1.165) is 0 Å². The number of aromatic nitrogens is 1. The lowest BCUT2D eigenvalue weighted by Crippen LogP contribution is -2.23. The average Bonchev–Trinajstić information content (AvgIpc) is 2.79. The van der Waals surface area contributed by atoms with Gasteiger partial charge in [0.1, 0.15) is 5.76 Å². The summed E-state index contributed by atoms with van der Waals surface area (Å²) < 4.78 is 31.6. The molecule has 0 aliphatic heterocycles. The van der Waals surface area contributed by atoms with E-state index in [1.807, 2.05) is 0 Å². The van der Waals surface area contributed by atoms with E-state index in [1.165, 1.54) is 12.1 Å². The Labute approximate surface area is 122 Å². The second-order valence-corrected chi connectivity index (χ2v) is 6.54. The van der Waals surface area contributed by atoms with E-state index in [-0.39, 0.29) is 17.1 Å². The largest absolute Gasteiger partial charge is 0.397 e. The molecule has 2 aromatic rings. The summed E-state index contributed by atoms with van der Waals surface area (Å²) in [5.41, 5.74) is 7.01. The first-order valence-corrected chi connectivity index (χ1v) is 7.63. The van der Waals surface area contributed by atoms with Crippen LogP contribution in [0.2, 0.25) is 5.02 Å². The highest BCUT2D eigenvalue weighted by molar-refractivity contribution is 7.89. The van der Waals surface area contributed by atoms with Crippen molar-refractivity contribution in [3.63, 3.8) is 0 Å². The maximum Gasteiger partial charge on any atom is 0.241 e. The molecule has 0 saturated carbocycles. The van der Waals surface area contributed by atoms with Crippen molar-refractivity contribution in [3.8, 4) is 0 Å². The number of nitrogens with two attached hydrogens (primary N) is 1. The summed E-state index contributed by atoms with van der Waals surface area (Å²) in [7, 11) is -3.68. The fraction of sp³-hybridized carbons (Fsp3) is 0.250. The second kappa shape index (κ2) is 5.43. The molecule has 0 bridgehead atoms. The molecule has 0 atom stereocenters. The smallest absolute Gasteiger partial charge is 0.241 e. The van der Waals surface area contributed by atoms with Crippen molar-refractivity contribution in [3.05, 3.63) is 40.2 Å². The van der Waals surface area contributed by atoms with Gasteiger partial charge in [0.15, 0.2) is 0 Å². The lowest BCUT2D eigenvalue weighted by Gasteiger charge is -2.09. The van der Waals surface area contributed by atoms with Gasteiger partial charge in [0.2, 0.25) is 10.0 Å². The first-order valence-electron chi connectivity index (χ1n) is 5.77. The lowest BCUT2D eigenvalue weighted by molar-refractivity contribution is 0.390. The number of nitrogen functional groups attached to an aromatic ring is 1. The summed E-state index contributed by atoms with van der Waals surface area (Å²) in [5, 5.41) is 4.07. The van der Waals surface area contributed by atoms with Gasteiger partial charge in [-0.3, -0.25) is 0 Å². The SMILES string of the molecule is Cc1cc(CNS(=O)(=O)c2cc(C)c(Cl)c(N)c2)no1. The van der Waals surface area contributed by atoms with Crippen LogP contribution < -0.4 is 10.5 Å². The highest BCUT2D eigenvalue weighted by Gasteiger charge is 2.17. The molecule has 0 spiro atoms. The van der Waals surface area contributed by atoms with Gasteiger partial charge in [-0.1, -0.05) is 16.8 Å². The van der Waals surface area contributed by atoms with Crippen LogP contribution in [0.4, 0.5) is 5.69 Å². The summed E-state index contributed by atoms with van der Waals surface area (Å²) in [5.74, 6) is 0.616. The van der Waals surface area contributed by atoms with Gasteiger partial charge in [-0.25, -0.2) is 13.1 Å². The Morgan fingerprint density at radius 1 is 1.35 bits per heavy atom. The normalized spacial score (nSPS) is 11.8. The van der Waals surface area contributed by atoms with Crippen molar-refractivity contribution in [2.24, 2.45) is 0 Å². The molecule has 8 heteroatoms. The number of halogens is 1. The third-order valence-electron chi connectivity index (χ3n) is 2.69. The maximum absolute atomic E-state index is 12.2. The van der Waals surface area contributed by atoms with Gasteiger partial charge >= 0.3 is 0 Å². The molecule has 0 saturated heterocycles. The van der Waals surface area contributed by atoms with E-state index in [2.05, 4.69) is 9.88 Å². The Balaban J connectivity index is 2.22. The van der Waals surface area contributed by atoms with E-state index < -0.39 is 10.0 Å². The molecule has 0 unspecified atom stereocenters.